The van der Waals surface area contributed by atoms with Crippen LogP contribution in [0.5, 0.6) is 0 Å². The van der Waals surface area contributed by atoms with Crippen molar-refractivity contribution in [1.82, 2.24) is 9.88 Å². The number of fused-ring (bicyclic) bond motifs is 1. The number of rotatable bonds is 4. The molecule has 2 aliphatic rings. The second-order valence-electron chi connectivity index (χ2n) is 6.72. The van der Waals surface area contributed by atoms with E-state index in [0.29, 0.717) is 12.0 Å². The van der Waals surface area contributed by atoms with Gasteiger partial charge in [0.05, 0.1) is 18.3 Å². The maximum absolute atomic E-state index is 14.8. The summed E-state index contributed by atoms with van der Waals surface area (Å²) in [5.74, 6) is -0.264. The van der Waals surface area contributed by atoms with Gasteiger partial charge >= 0.3 is 0 Å². The number of alkyl halides is 1. The van der Waals surface area contributed by atoms with Crippen LogP contribution in [0.4, 0.5) is 4.39 Å². The van der Waals surface area contributed by atoms with Gasteiger partial charge in [-0.2, -0.15) is 0 Å². The molecule has 1 aromatic heterocycles. The molecular weight excluding hydrogens is 387 g/mol. The third-order valence-electron chi connectivity index (χ3n) is 4.89. The molecular formula is C19H16BrFN2O2. The van der Waals surface area contributed by atoms with Crippen LogP contribution in [0.25, 0.3) is 0 Å². The zero-order chi connectivity index (χ0) is 17.6. The van der Waals surface area contributed by atoms with Crippen molar-refractivity contribution in [1.29, 1.82) is 0 Å². The lowest BCUT2D eigenvalue weighted by Gasteiger charge is -2.38. The monoisotopic (exact) mass is 402 g/mol. The van der Waals surface area contributed by atoms with Crippen molar-refractivity contribution in [3.8, 4) is 0 Å². The smallest absolute Gasteiger partial charge is 0.254 e. The van der Waals surface area contributed by atoms with E-state index in [-0.39, 0.29) is 37.1 Å². The second kappa shape index (κ2) is 6.02. The molecule has 1 amide bonds. The van der Waals surface area contributed by atoms with E-state index < -0.39 is 5.67 Å². The van der Waals surface area contributed by atoms with Crippen LogP contribution in [0.1, 0.15) is 40.5 Å². The maximum Gasteiger partial charge on any atom is 0.254 e. The Morgan fingerprint density at radius 3 is 2.68 bits per heavy atom. The van der Waals surface area contributed by atoms with Crippen LogP contribution in [0, 0.1) is 0 Å². The fourth-order valence-corrected chi connectivity index (χ4v) is 4.09. The van der Waals surface area contributed by atoms with Gasteiger partial charge in [-0.05, 0) is 39.7 Å². The maximum atomic E-state index is 14.8. The molecule has 2 aromatic rings. The lowest BCUT2D eigenvalue weighted by molar-refractivity contribution is -0.135. The first-order valence-corrected chi connectivity index (χ1v) is 8.96. The van der Waals surface area contributed by atoms with Gasteiger partial charge in [0.2, 0.25) is 0 Å². The summed E-state index contributed by atoms with van der Waals surface area (Å²) in [5, 5.41) is 0. The zero-order valence-corrected chi connectivity index (χ0v) is 15.0. The first kappa shape index (κ1) is 16.4. The molecule has 1 unspecified atom stereocenters. The minimum Gasteiger partial charge on any atom is -0.328 e. The normalized spacial score (nSPS) is 21.2. The highest BCUT2D eigenvalue weighted by Gasteiger charge is 2.49. The van der Waals surface area contributed by atoms with Crippen molar-refractivity contribution in [2.24, 2.45) is 0 Å². The predicted molar refractivity (Wildman–Crippen MR) is 93.9 cm³/mol. The number of carbonyl (C=O) groups is 2. The number of pyridine rings is 1. The van der Waals surface area contributed by atoms with Crippen LogP contribution in [-0.2, 0) is 11.2 Å². The molecule has 2 heterocycles. The summed E-state index contributed by atoms with van der Waals surface area (Å²) >= 11 is 3.49. The first-order chi connectivity index (χ1) is 12.0. The Kier molecular flexibility index (Phi) is 3.95. The van der Waals surface area contributed by atoms with Crippen LogP contribution < -0.4 is 0 Å². The predicted octanol–water partition coefficient (Wildman–Crippen LogP) is 3.65. The summed E-state index contributed by atoms with van der Waals surface area (Å²) in [6, 6.07) is 10.8. The van der Waals surface area contributed by atoms with E-state index >= 15 is 0 Å². The molecule has 1 aromatic carbocycles. The molecule has 0 N–H and O–H groups in total. The van der Waals surface area contributed by atoms with Gasteiger partial charge in [0.1, 0.15) is 11.5 Å². The quantitative estimate of drug-likeness (QED) is 0.783. The van der Waals surface area contributed by atoms with E-state index in [1.807, 2.05) is 30.3 Å². The highest BCUT2D eigenvalue weighted by molar-refractivity contribution is 9.10. The summed E-state index contributed by atoms with van der Waals surface area (Å²) in [5.41, 5.74) is 0.710. The third-order valence-corrected chi connectivity index (χ3v) is 5.61. The molecule has 1 saturated carbocycles. The lowest BCUT2D eigenvalue weighted by Crippen LogP contribution is -2.50. The van der Waals surface area contributed by atoms with Crippen molar-refractivity contribution in [2.45, 2.75) is 31.0 Å². The van der Waals surface area contributed by atoms with Gasteiger partial charge in [-0.25, -0.2) is 4.39 Å². The molecule has 6 heteroatoms. The molecule has 25 heavy (non-hydrogen) atoms. The molecule has 128 valence electrons. The third kappa shape index (κ3) is 2.88. The summed E-state index contributed by atoms with van der Waals surface area (Å²) in [6.07, 6.45) is 1.99. The Bertz CT molecular complexity index is 862. The number of aromatic nitrogens is 1. The summed E-state index contributed by atoms with van der Waals surface area (Å²) in [7, 11) is 0. The van der Waals surface area contributed by atoms with Crippen LogP contribution >= 0.6 is 15.9 Å². The van der Waals surface area contributed by atoms with Crippen LogP contribution in [0.15, 0.2) is 47.1 Å². The van der Waals surface area contributed by atoms with E-state index in [2.05, 4.69) is 20.9 Å². The molecule has 1 aliphatic carbocycles. The molecule has 4 nitrogen and oxygen atoms in total. The van der Waals surface area contributed by atoms with Gasteiger partial charge < -0.3 is 4.90 Å². The van der Waals surface area contributed by atoms with E-state index in [1.54, 1.807) is 17.2 Å². The Morgan fingerprint density at radius 2 is 1.96 bits per heavy atom. The minimum absolute atomic E-state index is 0.0542. The van der Waals surface area contributed by atoms with Crippen molar-refractivity contribution < 1.29 is 14.0 Å². The fraction of sp³-hybridized carbons (Fsp3) is 0.316. The highest BCUT2D eigenvalue weighted by Crippen LogP contribution is 2.41. The van der Waals surface area contributed by atoms with E-state index in [4.69, 9.17) is 0 Å². The number of carbonyl (C=O) groups excluding carboxylic acids is 2. The van der Waals surface area contributed by atoms with Gasteiger partial charge in [0.25, 0.3) is 5.91 Å². The lowest BCUT2D eigenvalue weighted by atomic mass is 9.80. The SMILES string of the molecule is O=C1CC(F)(CN2C(=O)c3ccccc3C2Cc2ncccc2Br)C1. The minimum atomic E-state index is -1.60. The molecule has 0 radical (unpaired) electrons. The number of hydrogen-bond donors (Lipinski definition) is 0. The van der Waals surface area contributed by atoms with Gasteiger partial charge in [-0.15, -0.1) is 0 Å². The summed E-state index contributed by atoms with van der Waals surface area (Å²) in [6.45, 7) is -0.0542. The Balaban J connectivity index is 1.68. The summed E-state index contributed by atoms with van der Waals surface area (Å²) in [4.78, 5) is 30.0. The van der Waals surface area contributed by atoms with Crippen LogP contribution in [-0.4, -0.2) is 33.8 Å². The van der Waals surface area contributed by atoms with Crippen LogP contribution in [0.3, 0.4) is 0 Å². The van der Waals surface area contributed by atoms with Crippen molar-refractivity contribution >= 4 is 27.6 Å². The zero-order valence-electron chi connectivity index (χ0n) is 13.4. The number of nitrogens with zero attached hydrogens (tertiary/aromatic N) is 2. The average molecular weight is 403 g/mol. The van der Waals surface area contributed by atoms with Gasteiger partial charge in [0.15, 0.2) is 0 Å². The largest absolute Gasteiger partial charge is 0.328 e. The van der Waals surface area contributed by atoms with E-state index in [1.165, 1.54) is 0 Å². The van der Waals surface area contributed by atoms with E-state index in [9.17, 15) is 14.0 Å². The number of Topliss-reactive ketones (excluding diaryl/α,β-unsaturated/α-hetero) is 1. The molecule has 4 rings (SSSR count). The number of halogens is 2. The van der Waals surface area contributed by atoms with E-state index in [0.717, 1.165) is 15.7 Å². The number of benzene rings is 1. The summed E-state index contributed by atoms with van der Waals surface area (Å²) < 4.78 is 15.6. The molecule has 0 bridgehead atoms. The van der Waals surface area contributed by atoms with Crippen molar-refractivity contribution in [3.63, 3.8) is 0 Å². The Labute approximate surface area is 153 Å². The average Bonchev–Trinajstić information content (AvgIpc) is 2.82. The standard InChI is InChI=1S/C19H16BrFN2O2/c20-15-6-3-7-22-16(15)8-17-13-4-1-2-5-14(13)18(25)23(17)11-19(21)9-12(24)10-19/h1-7,17H,8-11H2. The second-order valence-corrected chi connectivity index (χ2v) is 7.57. The molecule has 0 saturated heterocycles. The topological polar surface area (TPSA) is 50.3 Å². The van der Waals surface area contributed by atoms with Crippen molar-refractivity contribution in [3.05, 3.63) is 63.9 Å². The highest BCUT2D eigenvalue weighted by atomic mass is 79.9. The molecule has 1 aliphatic heterocycles. The Morgan fingerprint density at radius 1 is 1.20 bits per heavy atom. The van der Waals surface area contributed by atoms with Crippen LogP contribution in [0.2, 0.25) is 0 Å². The number of amides is 1. The van der Waals surface area contributed by atoms with Crippen molar-refractivity contribution in [2.75, 3.05) is 6.54 Å². The molecule has 0 spiro atoms. The fourth-order valence-electron chi connectivity index (χ4n) is 3.67. The van der Waals surface area contributed by atoms with Gasteiger partial charge in [-0.1, -0.05) is 18.2 Å². The van der Waals surface area contributed by atoms with Gasteiger partial charge in [0, 0.05) is 35.5 Å². The number of hydrogen-bond acceptors (Lipinski definition) is 3. The Hall–Kier alpha value is -2.08. The first-order valence-electron chi connectivity index (χ1n) is 8.17. The molecule has 1 atom stereocenters. The number of ketones is 1. The van der Waals surface area contributed by atoms with Gasteiger partial charge in [-0.3, -0.25) is 14.6 Å². The molecule has 1 fully saturated rings.